The SMILES string of the molecule is CCCCCCCCCCCCCCCCCCCCCCC/C=C(/C)O. The van der Waals surface area contributed by atoms with Gasteiger partial charge in [-0.15, -0.1) is 0 Å². The summed E-state index contributed by atoms with van der Waals surface area (Å²) in [5.74, 6) is 0.475. The van der Waals surface area contributed by atoms with E-state index < -0.39 is 0 Å². The topological polar surface area (TPSA) is 20.2 Å². The lowest BCUT2D eigenvalue weighted by Crippen LogP contribution is -1.84. The number of hydrogen-bond donors (Lipinski definition) is 1. The average Bonchev–Trinajstić information content (AvgIpc) is 2.65. The van der Waals surface area contributed by atoms with E-state index in [1.165, 1.54) is 135 Å². The second kappa shape index (κ2) is 23.6. The minimum absolute atomic E-state index is 0.475. The lowest BCUT2D eigenvalue weighted by atomic mass is 10.0. The van der Waals surface area contributed by atoms with E-state index in [0.29, 0.717) is 5.76 Å². The zero-order chi connectivity index (χ0) is 19.8. The Kier molecular flexibility index (Phi) is 23.2. The van der Waals surface area contributed by atoms with Gasteiger partial charge in [-0.25, -0.2) is 0 Å². The predicted molar refractivity (Wildman–Crippen MR) is 124 cm³/mol. The highest BCUT2D eigenvalue weighted by molar-refractivity contribution is 4.85. The maximum Gasteiger partial charge on any atom is 0.0851 e. The molecule has 27 heavy (non-hydrogen) atoms. The summed E-state index contributed by atoms with van der Waals surface area (Å²) in [6.45, 7) is 4.06. The van der Waals surface area contributed by atoms with E-state index in [9.17, 15) is 0 Å². The van der Waals surface area contributed by atoms with Gasteiger partial charge in [-0.2, -0.15) is 0 Å². The molecule has 0 aromatic carbocycles. The van der Waals surface area contributed by atoms with E-state index >= 15 is 0 Å². The van der Waals surface area contributed by atoms with Crippen LogP contribution in [0.15, 0.2) is 11.8 Å². The van der Waals surface area contributed by atoms with Gasteiger partial charge in [0.15, 0.2) is 0 Å². The van der Waals surface area contributed by atoms with Gasteiger partial charge in [0.05, 0.1) is 5.76 Å². The van der Waals surface area contributed by atoms with Crippen LogP contribution in [0.2, 0.25) is 0 Å². The Labute approximate surface area is 172 Å². The largest absolute Gasteiger partial charge is 0.513 e. The highest BCUT2D eigenvalue weighted by Crippen LogP contribution is 2.15. The first-order valence-corrected chi connectivity index (χ1v) is 12.6. The van der Waals surface area contributed by atoms with Crippen LogP contribution < -0.4 is 0 Å². The number of rotatable bonds is 22. The highest BCUT2D eigenvalue weighted by Gasteiger charge is 1.95. The Morgan fingerprint density at radius 2 is 0.741 bits per heavy atom. The van der Waals surface area contributed by atoms with Crippen LogP contribution in [0.25, 0.3) is 0 Å². The molecular formula is C26H52O. The van der Waals surface area contributed by atoms with Crippen molar-refractivity contribution in [2.75, 3.05) is 0 Å². The molecule has 1 heteroatoms. The fraction of sp³-hybridized carbons (Fsp3) is 0.923. The molecule has 1 nitrogen and oxygen atoms in total. The quantitative estimate of drug-likeness (QED) is 0.146. The molecule has 0 heterocycles. The van der Waals surface area contributed by atoms with Crippen LogP contribution in [0.1, 0.15) is 155 Å². The van der Waals surface area contributed by atoms with E-state index in [-0.39, 0.29) is 0 Å². The fourth-order valence-electron chi connectivity index (χ4n) is 3.89. The van der Waals surface area contributed by atoms with Crippen LogP contribution in [0.3, 0.4) is 0 Å². The molecule has 0 bridgehead atoms. The first kappa shape index (κ1) is 26.5. The summed E-state index contributed by atoms with van der Waals surface area (Å²) in [6.07, 6.45) is 33.1. The Hall–Kier alpha value is -0.460. The number of unbranched alkanes of at least 4 members (excludes halogenated alkanes) is 21. The highest BCUT2D eigenvalue weighted by atomic mass is 16.3. The van der Waals surface area contributed by atoms with Crippen molar-refractivity contribution < 1.29 is 5.11 Å². The van der Waals surface area contributed by atoms with E-state index in [1.54, 1.807) is 6.92 Å². The number of aliphatic hydroxyl groups excluding tert-OH is 1. The first-order chi connectivity index (χ1) is 13.3. The average molecular weight is 381 g/mol. The van der Waals surface area contributed by atoms with Gasteiger partial charge in [0.1, 0.15) is 0 Å². The standard InChI is InChI=1S/C26H52O/c1-3-4-5-6-7-8-9-10-11-12-13-14-15-16-17-18-19-20-21-22-23-24-25-26(2)27/h25,27H,3-24H2,1-2H3/b26-25-. The van der Waals surface area contributed by atoms with E-state index in [4.69, 9.17) is 5.11 Å². The Balaban J connectivity index is 3.00. The summed E-state index contributed by atoms with van der Waals surface area (Å²) in [7, 11) is 0. The molecule has 0 radical (unpaired) electrons. The lowest BCUT2D eigenvalue weighted by Gasteiger charge is -2.04. The molecule has 0 aromatic heterocycles. The number of hydrogen-bond acceptors (Lipinski definition) is 1. The van der Waals surface area contributed by atoms with Gasteiger partial charge in [-0.05, 0) is 25.8 Å². The molecular weight excluding hydrogens is 328 g/mol. The van der Waals surface area contributed by atoms with Gasteiger partial charge >= 0.3 is 0 Å². The molecule has 0 saturated heterocycles. The molecule has 162 valence electrons. The maximum absolute atomic E-state index is 9.08. The van der Waals surface area contributed by atoms with Crippen LogP contribution in [0.4, 0.5) is 0 Å². The summed E-state index contributed by atoms with van der Waals surface area (Å²) >= 11 is 0. The van der Waals surface area contributed by atoms with Crippen LogP contribution in [0, 0.1) is 0 Å². The van der Waals surface area contributed by atoms with E-state index in [2.05, 4.69) is 6.92 Å². The van der Waals surface area contributed by atoms with Crippen molar-refractivity contribution in [3.8, 4) is 0 Å². The molecule has 0 atom stereocenters. The number of aliphatic hydroxyl groups is 1. The van der Waals surface area contributed by atoms with E-state index in [0.717, 1.165) is 6.42 Å². The maximum atomic E-state index is 9.08. The monoisotopic (exact) mass is 380 g/mol. The van der Waals surface area contributed by atoms with Gasteiger partial charge in [-0.3, -0.25) is 0 Å². The summed E-state index contributed by atoms with van der Waals surface area (Å²) in [5.41, 5.74) is 0. The van der Waals surface area contributed by atoms with Crippen molar-refractivity contribution in [3.63, 3.8) is 0 Å². The molecule has 0 aliphatic carbocycles. The first-order valence-electron chi connectivity index (χ1n) is 12.6. The van der Waals surface area contributed by atoms with Gasteiger partial charge in [0.2, 0.25) is 0 Å². The van der Waals surface area contributed by atoms with Crippen molar-refractivity contribution in [1.82, 2.24) is 0 Å². The summed E-state index contributed by atoms with van der Waals surface area (Å²) in [6, 6.07) is 0. The fourth-order valence-corrected chi connectivity index (χ4v) is 3.89. The van der Waals surface area contributed by atoms with Crippen molar-refractivity contribution in [1.29, 1.82) is 0 Å². The Morgan fingerprint density at radius 3 is 1.00 bits per heavy atom. The summed E-state index contributed by atoms with van der Waals surface area (Å²) < 4.78 is 0. The third kappa shape index (κ3) is 25.5. The normalized spacial score (nSPS) is 12.0. The molecule has 0 aliphatic heterocycles. The molecule has 0 saturated carbocycles. The van der Waals surface area contributed by atoms with Gasteiger partial charge < -0.3 is 5.11 Å². The van der Waals surface area contributed by atoms with Crippen molar-refractivity contribution in [2.45, 2.75) is 155 Å². The van der Waals surface area contributed by atoms with Gasteiger partial charge in [0, 0.05) is 0 Å². The second-order valence-electron chi connectivity index (χ2n) is 8.71. The van der Waals surface area contributed by atoms with Crippen molar-refractivity contribution in [2.24, 2.45) is 0 Å². The van der Waals surface area contributed by atoms with Gasteiger partial charge in [-0.1, -0.05) is 135 Å². The lowest BCUT2D eigenvalue weighted by molar-refractivity contribution is 0.410. The van der Waals surface area contributed by atoms with Crippen LogP contribution >= 0.6 is 0 Å². The smallest absolute Gasteiger partial charge is 0.0851 e. The second-order valence-corrected chi connectivity index (χ2v) is 8.71. The van der Waals surface area contributed by atoms with Crippen molar-refractivity contribution >= 4 is 0 Å². The number of allylic oxidation sites excluding steroid dienone is 2. The van der Waals surface area contributed by atoms with Gasteiger partial charge in [0.25, 0.3) is 0 Å². The molecule has 1 N–H and O–H groups in total. The zero-order valence-corrected chi connectivity index (χ0v) is 19.1. The third-order valence-electron chi connectivity index (χ3n) is 5.75. The molecule has 0 aromatic rings. The Bertz CT molecular complexity index is 291. The minimum atomic E-state index is 0.475. The van der Waals surface area contributed by atoms with Crippen LogP contribution in [-0.2, 0) is 0 Å². The summed E-state index contributed by atoms with van der Waals surface area (Å²) in [5, 5.41) is 9.08. The predicted octanol–water partition coefficient (Wildman–Crippen LogP) is 10.1. The minimum Gasteiger partial charge on any atom is -0.513 e. The van der Waals surface area contributed by atoms with Crippen LogP contribution in [-0.4, -0.2) is 5.11 Å². The molecule has 0 fully saturated rings. The molecule has 0 aliphatic rings. The molecule has 0 rings (SSSR count). The molecule has 0 amide bonds. The van der Waals surface area contributed by atoms with Crippen molar-refractivity contribution in [3.05, 3.63) is 11.8 Å². The molecule has 0 spiro atoms. The third-order valence-corrected chi connectivity index (χ3v) is 5.75. The Morgan fingerprint density at radius 1 is 0.481 bits per heavy atom. The zero-order valence-electron chi connectivity index (χ0n) is 19.1. The van der Waals surface area contributed by atoms with Crippen LogP contribution in [0.5, 0.6) is 0 Å². The summed E-state index contributed by atoms with van der Waals surface area (Å²) in [4.78, 5) is 0. The molecule has 0 unspecified atom stereocenters. The van der Waals surface area contributed by atoms with E-state index in [1.807, 2.05) is 6.08 Å².